The Bertz CT molecular complexity index is 795. The van der Waals surface area contributed by atoms with Gasteiger partial charge >= 0.3 is 5.97 Å². The normalized spacial score (nSPS) is 34.8. The van der Waals surface area contributed by atoms with E-state index in [4.69, 9.17) is 4.74 Å². The van der Waals surface area contributed by atoms with Crippen LogP contribution in [-0.2, 0) is 14.3 Å². The average molecular weight is 476 g/mol. The van der Waals surface area contributed by atoms with Crippen LogP contribution in [0.15, 0.2) is 24.4 Å². The number of esters is 1. The van der Waals surface area contributed by atoms with Gasteiger partial charge in [-0.1, -0.05) is 22.0 Å². The first-order valence-corrected chi connectivity index (χ1v) is 12.0. The minimum absolute atomic E-state index is 0.0853. The van der Waals surface area contributed by atoms with Gasteiger partial charge in [0.25, 0.3) is 5.91 Å². The molecule has 0 N–H and O–H groups in total. The highest BCUT2D eigenvalue weighted by atomic mass is 79.9. The Morgan fingerprint density at radius 2 is 1.83 bits per heavy atom. The second-order valence-electron chi connectivity index (χ2n) is 10.0. The maximum atomic E-state index is 12.6. The third-order valence-corrected chi connectivity index (χ3v) is 8.52. The highest BCUT2D eigenvalue weighted by Crippen LogP contribution is 2.65. The molecule has 7 heteroatoms. The molecule has 6 nitrogen and oxygen atoms in total. The van der Waals surface area contributed by atoms with Crippen molar-refractivity contribution in [1.29, 1.82) is 0 Å². The van der Waals surface area contributed by atoms with Gasteiger partial charge < -0.3 is 14.5 Å². The molecule has 1 amide bonds. The molecule has 1 saturated heterocycles. The van der Waals surface area contributed by atoms with Crippen LogP contribution in [0.3, 0.4) is 0 Å². The number of carbonyl (C=O) groups is 2. The number of halogens is 1. The van der Waals surface area contributed by atoms with Crippen LogP contribution in [0.1, 0.15) is 44.9 Å². The number of piperazine rings is 1. The molecule has 4 bridgehead atoms. The molecular weight excluding hydrogens is 446 g/mol. The fourth-order valence-corrected chi connectivity index (χ4v) is 8.37. The molecule has 4 aliphatic carbocycles. The van der Waals surface area contributed by atoms with Crippen molar-refractivity contribution in [3.63, 3.8) is 0 Å². The van der Waals surface area contributed by atoms with Gasteiger partial charge in [0.05, 0.1) is 6.42 Å². The lowest BCUT2D eigenvalue weighted by atomic mass is 9.49. The van der Waals surface area contributed by atoms with Crippen molar-refractivity contribution in [3.05, 3.63) is 24.4 Å². The van der Waals surface area contributed by atoms with E-state index in [2.05, 4.69) is 25.8 Å². The summed E-state index contributed by atoms with van der Waals surface area (Å²) in [7, 11) is 0. The van der Waals surface area contributed by atoms with E-state index in [-0.39, 0.29) is 28.2 Å². The minimum atomic E-state index is -0.200. The molecule has 0 aromatic carbocycles. The predicted molar refractivity (Wildman–Crippen MR) is 117 cm³/mol. The lowest BCUT2D eigenvalue weighted by molar-refractivity contribution is -0.157. The molecule has 2 unspecified atom stereocenters. The first kappa shape index (κ1) is 20.3. The molecule has 162 valence electrons. The molecule has 5 aliphatic rings. The standard InChI is InChI=1S/C23H30BrN3O3/c24-23-12-17-9-18(13-23)11-22(10-17,16-23)14-21(29)30-15-20(28)27-7-5-26(6-8-27)19-3-1-2-4-25-19/h1-4,17-18H,5-16H2. The van der Waals surface area contributed by atoms with Crippen LogP contribution in [0.5, 0.6) is 0 Å². The number of hydrogen-bond acceptors (Lipinski definition) is 5. The van der Waals surface area contributed by atoms with Crippen molar-refractivity contribution in [2.45, 2.75) is 49.3 Å². The Kier molecular flexibility index (Phi) is 5.28. The van der Waals surface area contributed by atoms with Crippen LogP contribution in [-0.4, -0.2) is 58.9 Å². The van der Waals surface area contributed by atoms with E-state index in [1.807, 2.05) is 18.2 Å². The SMILES string of the molecule is O=C(CC12CC3CC(CC(Br)(C3)C1)C2)OCC(=O)N1CCN(c2ccccn2)CC1. The molecule has 4 saturated carbocycles. The maximum absolute atomic E-state index is 12.6. The molecule has 0 radical (unpaired) electrons. The third kappa shape index (κ3) is 4.10. The summed E-state index contributed by atoms with van der Waals surface area (Å²) in [5.74, 6) is 2.14. The van der Waals surface area contributed by atoms with Crippen LogP contribution >= 0.6 is 15.9 Å². The Hall–Kier alpha value is -1.63. The number of aromatic nitrogens is 1. The number of pyridine rings is 1. The number of alkyl halides is 1. The van der Waals surface area contributed by atoms with Crippen LogP contribution in [0.25, 0.3) is 0 Å². The molecule has 1 aromatic rings. The lowest BCUT2D eigenvalue weighted by Gasteiger charge is -2.60. The van der Waals surface area contributed by atoms with Crippen LogP contribution in [0, 0.1) is 17.3 Å². The van der Waals surface area contributed by atoms with Gasteiger partial charge in [-0.3, -0.25) is 9.59 Å². The van der Waals surface area contributed by atoms with Gasteiger partial charge in [0.1, 0.15) is 5.82 Å². The average Bonchev–Trinajstić information content (AvgIpc) is 2.70. The van der Waals surface area contributed by atoms with Gasteiger partial charge in [-0.2, -0.15) is 0 Å². The fraction of sp³-hybridized carbons (Fsp3) is 0.696. The summed E-state index contributed by atoms with van der Waals surface area (Å²) in [4.78, 5) is 33.6. The van der Waals surface area contributed by atoms with E-state index in [9.17, 15) is 9.59 Å². The Labute approximate surface area is 186 Å². The van der Waals surface area contributed by atoms with Gasteiger partial charge in [0, 0.05) is 36.7 Å². The van der Waals surface area contributed by atoms with Crippen molar-refractivity contribution < 1.29 is 14.3 Å². The molecule has 30 heavy (non-hydrogen) atoms. The fourth-order valence-electron chi connectivity index (χ4n) is 6.86. The van der Waals surface area contributed by atoms with Crippen molar-refractivity contribution in [3.8, 4) is 0 Å². The van der Waals surface area contributed by atoms with Gasteiger partial charge in [-0.05, 0) is 67.9 Å². The molecule has 1 aliphatic heterocycles. The van der Waals surface area contributed by atoms with Crippen LogP contribution in [0.2, 0.25) is 0 Å². The van der Waals surface area contributed by atoms with Crippen molar-refractivity contribution in [2.24, 2.45) is 17.3 Å². The van der Waals surface area contributed by atoms with Crippen molar-refractivity contribution >= 4 is 33.6 Å². The number of ether oxygens (including phenoxy) is 1. The van der Waals surface area contributed by atoms with Crippen molar-refractivity contribution in [1.82, 2.24) is 9.88 Å². The van der Waals surface area contributed by atoms with E-state index < -0.39 is 0 Å². The summed E-state index contributed by atoms with van der Waals surface area (Å²) in [5, 5.41) is 0. The zero-order valence-corrected chi connectivity index (χ0v) is 19.0. The Balaban J connectivity index is 1.09. The van der Waals surface area contributed by atoms with Gasteiger partial charge in [-0.25, -0.2) is 4.98 Å². The largest absolute Gasteiger partial charge is 0.456 e. The second-order valence-corrected chi connectivity index (χ2v) is 11.7. The number of hydrogen-bond donors (Lipinski definition) is 0. The topological polar surface area (TPSA) is 62.7 Å². The van der Waals surface area contributed by atoms with Crippen LogP contribution < -0.4 is 4.90 Å². The molecule has 2 heterocycles. The molecular formula is C23H30BrN3O3. The first-order valence-electron chi connectivity index (χ1n) is 11.2. The third-order valence-electron chi connectivity index (χ3n) is 7.59. The Morgan fingerprint density at radius 3 is 2.47 bits per heavy atom. The predicted octanol–water partition coefficient (Wildman–Crippen LogP) is 3.40. The summed E-state index contributed by atoms with van der Waals surface area (Å²) >= 11 is 4.00. The maximum Gasteiger partial charge on any atom is 0.306 e. The quantitative estimate of drug-likeness (QED) is 0.482. The van der Waals surface area contributed by atoms with Crippen LogP contribution in [0.4, 0.5) is 5.82 Å². The molecule has 6 rings (SSSR count). The molecule has 5 fully saturated rings. The monoisotopic (exact) mass is 475 g/mol. The number of amides is 1. The number of anilines is 1. The summed E-state index contributed by atoms with van der Waals surface area (Å²) in [6.07, 6.45) is 9.46. The van der Waals surface area contributed by atoms with E-state index in [0.29, 0.717) is 19.5 Å². The summed E-state index contributed by atoms with van der Waals surface area (Å²) < 4.78 is 5.71. The van der Waals surface area contributed by atoms with Gasteiger partial charge in [-0.15, -0.1) is 0 Å². The highest BCUT2D eigenvalue weighted by molar-refractivity contribution is 9.10. The molecule has 1 aromatic heterocycles. The highest BCUT2D eigenvalue weighted by Gasteiger charge is 2.57. The van der Waals surface area contributed by atoms with Gasteiger partial charge in [0.2, 0.25) is 0 Å². The second kappa shape index (κ2) is 7.81. The summed E-state index contributed by atoms with van der Waals surface area (Å²) in [6, 6.07) is 5.86. The zero-order chi connectivity index (χ0) is 20.8. The smallest absolute Gasteiger partial charge is 0.306 e. The zero-order valence-electron chi connectivity index (χ0n) is 17.4. The first-order chi connectivity index (χ1) is 14.4. The molecule has 0 spiro atoms. The van der Waals surface area contributed by atoms with E-state index >= 15 is 0 Å². The van der Waals surface area contributed by atoms with E-state index in [1.165, 1.54) is 19.3 Å². The summed E-state index contributed by atoms with van der Waals surface area (Å²) in [5.41, 5.74) is 0.0853. The van der Waals surface area contributed by atoms with E-state index in [0.717, 1.165) is 50.0 Å². The van der Waals surface area contributed by atoms with Gasteiger partial charge in [0.15, 0.2) is 6.61 Å². The van der Waals surface area contributed by atoms with Crippen molar-refractivity contribution in [2.75, 3.05) is 37.7 Å². The lowest BCUT2D eigenvalue weighted by Crippen LogP contribution is -2.53. The number of nitrogens with zero attached hydrogens (tertiary/aromatic N) is 3. The minimum Gasteiger partial charge on any atom is -0.456 e. The number of carbonyl (C=O) groups excluding carboxylic acids is 2. The Morgan fingerprint density at radius 1 is 1.10 bits per heavy atom. The molecule has 2 atom stereocenters. The summed E-state index contributed by atoms with van der Waals surface area (Å²) in [6.45, 7) is 2.62. The van der Waals surface area contributed by atoms with E-state index in [1.54, 1.807) is 11.1 Å². The number of rotatable bonds is 5.